The highest BCUT2D eigenvalue weighted by Gasteiger charge is 2.38. The minimum atomic E-state index is -4.65. The lowest BCUT2D eigenvalue weighted by molar-refractivity contribution is -0.259. The molecular weight excluding hydrogens is 493 g/mol. The summed E-state index contributed by atoms with van der Waals surface area (Å²) >= 11 is 3.29. The number of hydrogen-bond donors (Lipinski definition) is 2. The summed E-state index contributed by atoms with van der Waals surface area (Å²) in [6.45, 7) is 6.43. The number of alkyl halides is 3. The molecule has 0 amide bonds. The van der Waals surface area contributed by atoms with E-state index in [0.717, 1.165) is 0 Å². The van der Waals surface area contributed by atoms with Gasteiger partial charge in [0, 0.05) is 36.4 Å². The number of likely N-dealkylation sites (tertiary alicyclic amines) is 1. The first kappa shape index (κ1) is 22.9. The van der Waals surface area contributed by atoms with Gasteiger partial charge < -0.3 is 20.1 Å². The van der Waals surface area contributed by atoms with Crippen molar-refractivity contribution in [2.45, 2.75) is 45.0 Å². The number of ether oxygens (including phenoxy) is 1. The van der Waals surface area contributed by atoms with Crippen LogP contribution >= 0.6 is 15.9 Å². The second-order valence-corrected chi connectivity index (χ2v) is 9.44. The van der Waals surface area contributed by atoms with Crippen molar-refractivity contribution in [1.29, 1.82) is 0 Å². The normalized spacial score (nSPS) is 17.0. The highest BCUT2D eigenvalue weighted by Crippen LogP contribution is 2.41. The lowest BCUT2D eigenvalue weighted by Gasteiger charge is -2.44. The Kier molecular flexibility index (Phi) is 5.68. The van der Waals surface area contributed by atoms with Crippen LogP contribution in [0.1, 0.15) is 32.4 Å². The van der Waals surface area contributed by atoms with Crippen LogP contribution < -0.4 is 5.73 Å². The van der Waals surface area contributed by atoms with E-state index in [-0.39, 0.29) is 23.2 Å². The molecule has 0 bridgehead atoms. The Balaban J connectivity index is 1.74. The maximum atomic E-state index is 13.7. The first-order valence-corrected chi connectivity index (χ1v) is 10.6. The van der Waals surface area contributed by atoms with E-state index in [1.807, 2.05) is 25.3 Å². The molecule has 0 aromatic carbocycles. The predicted octanol–water partition coefficient (Wildman–Crippen LogP) is 3.80. The first-order chi connectivity index (χ1) is 14.8. The first-order valence-electron chi connectivity index (χ1n) is 9.79. The van der Waals surface area contributed by atoms with Crippen molar-refractivity contribution in [3.05, 3.63) is 34.8 Å². The number of rotatable bonds is 4. The minimum absolute atomic E-state index is 0.0963. The topological polar surface area (TPSA) is 102 Å². The molecule has 1 saturated heterocycles. The van der Waals surface area contributed by atoms with E-state index in [4.69, 9.17) is 10.5 Å². The molecule has 172 valence electrons. The highest BCUT2D eigenvalue weighted by atomic mass is 79.9. The average Bonchev–Trinajstić information content (AvgIpc) is 2.96. The zero-order valence-electron chi connectivity index (χ0n) is 17.6. The second-order valence-electron chi connectivity index (χ2n) is 8.63. The standard InChI is InChI=1S/C20H22BrF3N6O2/c1-19(2,3)32-18(31)29-7-10(8-29)30-9-12(11-4-15(21)26-6-14(11)30)16-13(20(22,23)24)5-27-17(25)28-16/h4-6,9-10,18,31H,7-8H2,1-3H3,(H2,25,27,28). The van der Waals surface area contributed by atoms with E-state index < -0.39 is 23.8 Å². The molecule has 0 aliphatic carbocycles. The van der Waals surface area contributed by atoms with Gasteiger partial charge in [0.2, 0.25) is 12.4 Å². The SMILES string of the molecule is CC(C)(C)OC(O)N1CC(n2cc(-c3nc(N)ncc3C(F)(F)F)c3cc(Br)ncc32)C1. The Morgan fingerprint density at radius 2 is 1.91 bits per heavy atom. The zero-order valence-corrected chi connectivity index (χ0v) is 19.1. The van der Waals surface area contributed by atoms with Crippen molar-refractivity contribution in [3.8, 4) is 11.3 Å². The number of anilines is 1. The minimum Gasteiger partial charge on any atom is -0.368 e. The molecule has 1 aliphatic rings. The van der Waals surface area contributed by atoms with E-state index in [1.165, 1.54) is 0 Å². The van der Waals surface area contributed by atoms with Crippen LogP contribution in [-0.4, -0.2) is 54.6 Å². The van der Waals surface area contributed by atoms with Gasteiger partial charge in [0.1, 0.15) is 10.2 Å². The number of aromatic nitrogens is 4. The average molecular weight is 515 g/mol. The number of nitrogen functional groups attached to an aromatic ring is 1. The largest absolute Gasteiger partial charge is 0.419 e. The van der Waals surface area contributed by atoms with Crippen molar-refractivity contribution in [2.24, 2.45) is 0 Å². The van der Waals surface area contributed by atoms with Crippen LogP contribution in [0.15, 0.2) is 29.3 Å². The van der Waals surface area contributed by atoms with Crippen LogP contribution in [-0.2, 0) is 10.9 Å². The van der Waals surface area contributed by atoms with Gasteiger partial charge in [-0.05, 0) is 42.8 Å². The summed E-state index contributed by atoms with van der Waals surface area (Å²) in [5, 5.41) is 10.8. The third-order valence-corrected chi connectivity index (χ3v) is 5.54. The van der Waals surface area contributed by atoms with Crippen LogP contribution in [0.4, 0.5) is 19.1 Å². The van der Waals surface area contributed by atoms with Crippen LogP contribution in [0, 0.1) is 0 Å². The van der Waals surface area contributed by atoms with Crippen molar-refractivity contribution in [1.82, 2.24) is 24.4 Å². The molecule has 3 aromatic rings. The fourth-order valence-corrected chi connectivity index (χ4v) is 3.99. The van der Waals surface area contributed by atoms with E-state index >= 15 is 0 Å². The molecule has 0 spiro atoms. The lowest BCUT2D eigenvalue weighted by atomic mass is 10.1. The number of aliphatic hydroxyl groups is 1. The second kappa shape index (κ2) is 7.94. The number of aliphatic hydroxyl groups excluding tert-OH is 1. The van der Waals surface area contributed by atoms with Gasteiger partial charge in [-0.15, -0.1) is 0 Å². The van der Waals surface area contributed by atoms with Gasteiger partial charge in [0.25, 0.3) is 0 Å². The molecule has 1 fully saturated rings. The molecule has 0 radical (unpaired) electrons. The molecule has 32 heavy (non-hydrogen) atoms. The molecule has 0 saturated carbocycles. The van der Waals surface area contributed by atoms with Gasteiger partial charge in [-0.3, -0.25) is 4.90 Å². The highest BCUT2D eigenvalue weighted by molar-refractivity contribution is 9.10. The van der Waals surface area contributed by atoms with Gasteiger partial charge in [-0.25, -0.2) is 15.0 Å². The maximum absolute atomic E-state index is 13.7. The van der Waals surface area contributed by atoms with Gasteiger partial charge in [-0.1, -0.05) is 0 Å². The number of hydrogen-bond acceptors (Lipinski definition) is 7. The number of pyridine rings is 1. The van der Waals surface area contributed by atoms with Crippen molar-refractivity contribution in [2.75, 3.05) is 18.8 Å². The monoisotopic (exact) mass is 514 g/mol. The van der Waals surface area contributed by atoms with Crippen LogP contribution in [0.25, 0.3) is 22.2 Å². The van der Waals surface area contributed by atoms with Crippen molar-refractivity contribution >= 4 is 32.8 Å². The summed E-state index contributed by atoms with van der Waals surface area (Å²) in [7, 11) is 0. The van der Waals surface area contributed by atoms with Gasteiger partial charge in [-0.2, -0.15) is 13.2 Å². The predicted molar refractivity (Wildman–Crippen MR) is 115 cm³/mol. The Bertz CT molecular complexity index is 1150. The summed E-state index contributed by atoms with van der Waals surface area (Å²) in [5.41, 5.74) is 4.76. The molecule has 4 rings (SSSR count). The maximum Gasteiger partial charge on any atom is 0.419 e. The Labute approximate surface area is 190 Å². The molecule has 3 aromatic heterocycles. The molecule has 3 N–H and O–H groups in total. The Hall–Kier alpha value is -2.28. The number of halogens is 4. The lowest BCUT2D eigenvalue weighted by Crippen LogP contribution is -2.54. The molecule has 1 atom stereocenters. The molecule has 4 heterocycles. The van der Waals surface area contributed by atoms with Gasteiger partial charge in [0.15, 0.2) is 0 Å². The van der Waals surface area contributed by atoms with Crippen LogP contribution in [0.3, 0.4) is 0 Å². The summed E-state index contributed by atoms with van der Waals surface area (Å²) < 4.78 is 48.9. The summed E-state index contributed by atoms with van der Waals surface area (Å²) in [6.07, 6.45) is -1.82. The number of nitrogens with zero attached hydrogens (tertiary/aromatic N) is 5. The fraction of sp³-hybridized carbons (Fsp3) is 0.450. The summed E-state index contributed by atoms with van der Waals surface area (Å²) in [5.74, 6) is -0.251. The van der Waals surface area contributed by atoms with Crippen LogP contribution in [0.2, 0.25) is 0 Å². The quantitative estimate of drug-likeness (QED) is 0.403. The van der Waals surface area contributed by atoms with Crippen molar-refractivity contribution < 1.29 is 23.0 Å². The van der Waals surface area contributed by atoms with Crippen LogP contribution in [0.5, 0.6) is 0 Å². The number of fused-ring (bicyclic) bond motifs is 1. The molecule has 12 heteroatoms. The van der Waals surface area contributed by atoms with E-state index in [2.05, 4.69) is 30.9 Å². The van der Waals surface area contributed by atoms with Crippen molar-refractivity contribution in [3.63, 3.8) is 0 Å². The molecule has 1 unspecified atom stereocenters. The Morgan fingerprint density at radius 1 is 1.22 bits per heavy atom. The van der Waals surface area contributed by atoms with E-state index in [1.54, 1.807) is 23.4 Å². The molecule has 8 nitrogen and oxygen atoms in total. The number of nitrogens with two attached hydrogens (primary N) is 1. The summed E-state index contributed by atoms with van der Waals surface area (Å²) in [4.78, 5) is 13.4. The van der Waals surface area contributed by atoms with E-state index in [9.17, 15) is 18.3 Å². The smallest absolute Gasteiger partial charge is 0.368 e. The Morgan fingerprint density at radius 3 is 2.53 bits per heavy atom. The third kappa shape index (κ3) is 4.45. The third-order valence-electron chi connectivity index (χ3n) is 5.11. The molecule has 1 aliphatic heterocycles. The van der Waals surface area contributed by atoms with Gasteiger partial charge >= 0.3 is 6.18 Å². The molecular formula is C20H22BrF3N6O2. The zero-order chi connectivity index (χ0) is 23.4. The summed E-state index contributed by atoms with van der Waals surface area (Å²) in [6, 6.07) is 1.55. The van der Waals surface area contributed by atoms with Gasteiger partial charge in [0.05, 0.1) is 29.1 Å². The van der Waals surface area contributed by atoms with E-state index in [0.29, 0.717) is 34.8 Å². The fourth-order valence-electron chi connectivity index (χ4n) is 3.66.